The highest BCUT2D eigenvalue weighted by Gasteiger charge is 2.34. The standard InChI is InChI=1S/C15H22BrN3O6S/c1-15(21)4-2-9(3-5-15)12(8-20)18-14-11(16)6-10(26(17,24)25)7-13(14)19(22)23/h6-7,9,12,18,20-21H,2-5,8H2,1H3,(H2,17,24,25). The van der Waals surface area contributed by atoms with Gasteiger partial charge < -0.3 is 15.5 Å². The molecule has 1 fully saturated rings. The predicted octanol–water partition coefficient (Wildman–Crippen LogP) is 1.72. The molecule has 9 nitrogen and oxygen atoms in total. The topological polar surface area (TPSA) is 156 Å². The van der Waals surface area contributed by atoms with Crippen LogP contribution in [0.25, 0.3) is 0 Å². The maximum atomic E-state index is 11.5. The Morgan fingerprint density at radius 3 is 2.50 bits per heavy atom. The van der Waals surface area contributed by atoms with Crippen molar-refractivity contribution in [1.29, 1.82) is 0 Å². The van der Waals surface area contributed by atoms with Crippen molar-refractivity contribution in [2.24, 2.45) is 11.1 Å². The summed E-state index contributed by atoms with van der Waals surface area (Å²) in [5.74, 6) is 0.0182. The van der Waals surface area contributed by atoms with Gasteiger partial charge in [0.25, 0.3) is 5.69 Å². The normalized spacial score (nSPS) is 24.9. The molecule has 0 radical (unpaired) electrons. The van der Waals surface area contributed by atoms with E-state index in [-0.39, 0.29) is 27.6 Å². The van der Waals surface area contributed by atoms with Crippen LogP contribution in [0.1, 0.15) is 32.6 Å². The maximum absolute atomic E-state index is 11.5. The van der Waals surface area contributed by atoms with Gasteiger partial charge in [-0.25, -0.2) is 13.6 Å². The van der Waals surface area contributed by atoms with Gasteiger partial charge in [0, 0.05) is 10.5 Å². The molecule has 146 valence electrons. The first-order valence-corrected chi connectivity index (χ1v) is 10.4. The summed E-state index contributed by atoms with van der Waals surface area (Å²) in [6.07, 6.45) is 2.46. The number of anilines is 1. The molecule has 0 aliphatic heterocycles. The fourth-order valence-corrected chi connectivity index (χ4v) is 4.46. The fourth-order valence-electron chi connectivity index (χ4n) is 3.18. The van der Waals surface area contributed by atoms with E-state index in [1.807, 2.05) is 0 Å². The highest BCUT2D eigenvalue weighted by Crippen LogP contribution is 2.39. The molecule has 5 N–H and O–H groups in total. The first kappa shape index (κ1) is 21.0. The predicted molar refractivity (Wildman–Crippen MR) is 99.2 cm³/mol. The lowest BCUT2D eigenvalue weighted by atomic mass is 9.77. The van der Waals surface area contributed by atoms with E-state index >= 15 is 0 Å². The van der Waals surface area contributed by atoms with Crippen molar-refractivity contribution in [3.05, 3.63) is 26.7 Å². The van der Waals surface area contributed by atoms with Crippen LogP contribution in [-0.4, -0.2) is 41.8 Å². The third-order valence-corrected chi connectivity index (χ3v) is 6.29. The Morgan fingerprint density at radius 2 is 2.04 bits per heavy atom. The number of benzene rings is 1. The molecule has 0 heterocycles. The summed E-state index contributed by atoms with van der Waals surface area (Å²) in [7, 11) is -4.10. The van der Waals surface area contributed by atoms with Gasteiger partial charge in [-0.2, -0.15) is 0 Å². The average Bonchev–Trinajstić information content (AvgIpc) is 2.52. The maximum Gasteiger partial charge on any atom is 0.294 e. The van der Waals surface area contributed by atoms with E-state index in [1.54, 1.807) is 6.92 Å². The van der Waals surface area contributed by atoms with Crippen LogP contribution in [0.2, 0.25) is 0 Å². The van der Waals surface area contributed by atoms with E-state index < -0.39 is 32.3 Å². The number of sulfonamides is 1. The zero-order chi connectivity index (χ0) is 19.7. The van der Waals surface area contributed by atoms with Gasteiger partial charge >= 0.3 is 0 Å². The second-order valence-corrected chi connectivity index (χ2v) is 9.28. The SMILES string of the molecule is CC1(O)CCC(C(CO)Nc2c(Br)cc(S(N)(=O)=O)cc2[N+](=O)[O-])CC1. The van der Waals surface area contributed by atoms with Crippen molar-refractivity contribution >= 4 is 37.3 Å². The van der Waals surface area contributed by atoms with Crippen molar-refractivity contribution in [3.63, 3.8) is 0 Å². The van der Waals surface area contributed by atoms with Crippen LogP contribution < -0.4 is 10.5 Å². The molecule has 0 amide bonds. The number of aliphatic hydroxyl groups excluding tert-OH is 1. The lowest BCUT2D eigenvalue weighted by molar-refractivity contribution is -0.384. The number of nitrogens with two attached hydrogens (primary N) is 1. The summed E-state index contributed by atoms with van der Waals surface area (Å²) in [5.41, 5.74) is -1.11. The summed E-state index contributed by atoms with van der Waals surface area (Å²) >= 11 is 3.15. The molecular weight excluding hydrogens is 430 g/mol. The van der Waals surface area contributed by atoms with Gasteiger partial charge in [0.1, 0.15) is 5.69 Å². The third-order valence-electron chi connectivity index (χ3n) is 4.77. The minimum atomic E-state index is -4.10. The smallest absolute Gasteiger partial charge is 0.294 e. The molecule has 11 heteroatoms. The Bertz CT molecular complexity index is 789. The van der Waals surface area contributed by atoms with Gasteiger partial charge in [0.05, 0.1) is 28.1 Å². The molecule has 1 aromatic carbocycles. The second-order valence-electron chi connectivity index (χ2n) is 6.87. The number of nitro benzene ring substituents is 1. The summed E-state index contributed by atoms with van der Waals surface area (Å²) < 4.78 is 23.2. The Labute approximate surface area is 159 Å². The van der Waals surface area contributed by atoms with Crippen molar-refractivity contribution in [3.8, 4) is 0 Å². The number of halogens is 1. The first-order valence-electron chi connectivity index (χ1n) is 8.05. The van der Waals surface area contributed by atoms with Gasteiger partial charge in [0.15, 0.2) is 0 Å². The van der Waals surface area contributed by atoms with Crippen LogP contribution in [0.3, 0.4) is 0 Å². The van der Waals surface area contributed by atoms with Gasteiger partial charge in [-0.1, -0.05) is 0 Å². The second kappa shape index (κ2) is 7.77. The van der Waals surface area contributed by atoms with Gasteiger partial charge in [-0.05, 0) is 60.5 Å². The molecule has 1 atom stereocenters. The van der Waals surface area contributed by atoms with E-state index in [9.17, 15) is 28.7 Å². The third kappa shape index (κ3) is 4.92. The van der Waals surface area contributed by atoms with E-state index in [4.69, 9.17) is 5.14 Å². The molecule has 1 aliphatic carbocycles. The van der Waals surface area contributed by atoms with Crippen molar-refractivity contribution in [2.75, 3.05) is 11.9 Å². The largest absolute Gasteiger partial charge is 0.394 e. The Balaban J connectivity index is 2.33. The monoisotopic (exact) mass is 451 g/mol. The zero-order valence-electron chi connectivity index (χ0n) is 14.2. The van der Waals surface area contributed by atoms with Crippen molar-refractivity contribution < 1.29 is 23.6 Å². The van der Waals surface area contributed by atoms with Crippen LogP contribution in [-0.2, 0) is 10.0 Å². The highest BCUT2D eigenvalue weighted by atomic mass is 79.9. The number of nitro groups is 1. The zero-order valence-corrected chi connectivity index (χ0v) is 16.6. The first-order chi connectivity index (χ1) is 11.9. The number of nitrogens with zero attached hydrogens (tertiary/aromatic N) is 1. The van der Waals surface area contributed by atoms with Crippen LogP contribution in [0.15, 0.2) is 21.5 Å². The van der Waals surface area contributed by atoms with E-state index in [0.717, 1.165) is 6.07 Å². The molecule has 1 aliphatic rings. The van der Waals surface area contributed by atoms with Crippen LogP contribution >= 0.6 is 15.9 Å². The van der Waals surface area contributed by atoms with E-state index in [1.165, 1.54) is 6.07 Å². The van der Waals surface area contributed by atoms with Crippen LogP contribution in [0.4, 0.5) is 11.4 Å². The number of hydrogen-bond acceptors (Lipinski definition) is 7. The number of rotatable bonds is 6. The Morgan fingerprint density at radius 1 is 1.46 bits per heavy atom. The molecule has 2 rings (SSSR count). The Kier molecular flexibility index (Phi) is 6.28. The van der Waals surface area contributed by atoms with Crippen molar-refractivity contribution in [2.45, 2.75) is 49.1 Å². The lowest BCUT2D eigenvalue weighted by Gasteiger charge is -2.37. The summed E-state index contributed by atoms with van der Waals surface area (Å²) in [6.45, 7) is 1.51. The quantitative estimate of drug-likeness (QED) is 0.378. The summed E-state index contributed by atoms with van der Waals surface area (Å²) in [6, 6.07) is 1.61. The fraction of sp³-hybridized carbons (Fsp3) is 0.600. The number of hydrogen-bond donors (Lipinski definition) is 4. The number of aliphatic hydroxyl groups is 2. The van der Waals surface area contributed by atoms with Gasteiger partial charge in [-0.15, -0.1) is 0 Å². The lowest BCUT2D eigenvalue weighted by Crippen LogP contribution is -2.39. The Hall–Kier alpha value is -1.27. The van der Waals surface area contributed by atoms with Gasteiger partial charge in [-0.3, -0.25) is 10.1 Å². The highest BCUT2D eigenvalue weighted by molar-refractivity contribution is 9.10. The number of primary sulfonamides is 1. The van der Waals surface area contributed by atoms with Crippen molar-refractivity contribution in [1.82, 2.24) is 0 Å². The molecule has 0 bridgehead atoms. The average molecular weight is 452 g/mol. The van der Waals surface area contributed by atoms with Crippen LogP contribution in [0, 0.1) is 16.0 Å². The minimum absolute atomic E-state index is 0.0182. The molecule has 0 saturated heterocycles. The molecule has 0 aromatic heterocycles. The van der Waals surface area contributed by atoms with E-state index in [2.05, 4.69) is 21.2 Å². The summed E-state index contributed by atoms with van der Waals surface area (Å²) in [4.78, 5) is 10.3. The molecular formula is C15H22BrN3O6S. The van der Waals surface area contributed by atoms with E-state index in [0.29, 0.717) is 25.7 Å². The molecule has 1 saturated carbocycles. The minimum Gasteiger partial charge on any atom is -0.394 e. The summed E-state index contributed by atoms with van der Waals surface area (Å²) in [5, 5.41) is 39.2. The molecule has 26 heavy (non-hydrogen) atoms. The number of nitrogens with one attached hydrogen (secondary N) is 1. The van der Waals surface area contributed by atoms with Crippen LogP contribution in [0.5, 0.6) is 0 Å². The molecule has 1 aromatic rings. The molecule has 0 spiro atoms. The molecule has 1 unspecified atom stereocenters. The van der Waals surface area contributed by atoms with Gasteiger partial charge in [0.2, 0.25) is 10.0 Å².